The minimum Gasteiger partial charge on any atom is -0.361 e. The summed E-state index contributed by atoms with van der Waals surface area (Å²) in [5, 5.41) is 6.91. The minimum absolute atomic E-state index is 0.0796. The van der Waals surface area contributed by atoms with Gasteiger partial charge in [0.2, 0.25) is 5.91 Å². The molecule has 36 heavy (non-hydrogen) atoms. The molecule has 3 rings (SSSR count). The lowest BCUT2D eigenvalue weighted by molar-refractivity contribution is -0.118. The Hall–Kier alpha value is -3.62. The maximum atomic E-state index is 14.5. The van der Waals surface area contributed by atoms with Crippen molar-refractivity contribution in [3.63, 3.8) is 0 Å². The van der Waals surface area contributed by atoms with Crippen LogP contribution in [0.1, 0.15) is 56.5 Å². The molecule has 0 saturated carbocycles. The van der Waals surface area contributed by atoms with Crippen molar-refractivity contribution in [3.05, 3.63) is 70.6 Å². The number of sulfonamides is 1. The lowest BCUT2D eigenvalue weighted by Gasteiger charge is -2.18. The van der Waals surface area contributed by atoms with E-state index < -0.39 is 21.7 Å². The van der Waals surface area contributed by atoms with Gasteiger partial charge in [0.15, 0.2) is 5.03 Å². The van der Waals surface area contributed by atoms with Crippen LogP contribution in [0.5, 0.6) is 0 Å². The van der Waals surface area contributed by atoms with Crippen LogP contribution < -0.4 is 10.0 Å². The number of amides is 1. The average Bonchev–Trinajstić information content (AvgIpc) is 3.25. The third kappa shape index (κ3) is 5.95. The van der Waals surface area contributed by atoms with E-state index in [1.54, 1.807) is 17.8 Å². The molecule has 2 N–H and O–H groups in total. The normalized spacial score (nSPS) is 11.6. The zero-order valence-electron chi connectivity index (χ0n) is 20.8. The van der Waals surface area contributed by atoms with Crippen molar-refractivity contribution < 1.29 is 17.6 Å². The van der Waals surface area contributed by atoms with E-state index in [1.807, 2.05) is 27.7 Å². The van der Waals surface area contributed by atoms with Gasteiger partial charge in [0.1, 0.15) is 12.0 Å². The third-order valence-electron chi connectivity index (χ3n) is 5.54. The van der Waals surface area contributed by atoms with E-state index in [0.29, 0.717) is 34.5 Å². The minimum atomic E-state index is -4.25. The van der Waals surface area contributed by atoms with Gasteiger partial charge in [0.25, 0.3) is 15.8 Å². The number of nitrogens with zero attached hydrogens (tertiary/aromatic N) is 4. The Morgan fingerprint density at radius 2 is 1.92 bits per heavy atom. The maximum absolute atomic E-state index is 14.5. The molecule has 0 aliphatic rings. The molecule has 11 heteroatoms. The molecule has 0 saturated heterocycles. The SMILES string of the molecule is [C-]#[N+]c1cc(-c2cc(F)cc(C(C)C)c2CC(=O)NS(=O)(=O)c2cc(CNC)n(C(C)C)n2)ccn1. The standard InChI is InChI=1S/C25H29FN6O3S/c1-15(2)20-10-18(26)11-21(17-7-8-29-23(9-17)28-6)22(20)13-24(33)31-36(34,35)25-12-19(14-27-5)32(30-25)16(3)4/h7-12,15-16,27H,13-14H2,1-5H3,(H,31,33). The van der Waals surface area contributed by atoms with Gasteiger partial charge in [-0.25, -0.2) is 9.11 Å². The van der Waals surface area contributed by atoms with Gasteiger partial charge in [-0.05, 0) is 73.3 Å². The largest absolute Gasteiger partial charge is 0.361 e. The summed E-state index contributed by atoms with van der Waals surface area (Å²) in [5.74, 6) is -1.30. The molecule has 0 unspecified atom stereocenters. The quantitative estimate of drug-likeness (QED) is 0.418. The van der Waals surface area contributed by atoms with Gasteiger partial charge in [-0.3, -0.25) is 9.48 Å². The van der Waals surface area contributed by atoms with Gasteiger partial charge in [-0.15, -0.1) is 4.98 Å². The number of hydrogen-bond acceptors (Lipinski definition) is 6. The Kier molecular flexibility index (Phi) is 8.22. The van der Waals surface area contributed by atoms with Crippen LogP contribution in [-0.2, 0) is 27.8 Å². The molecule has 2 aromatic heterocycles. The second-order valence-electron chi connectivity index (χ2n) is 8.94. The molecule has 9 nitrogen and oxygen atoms in total. The van der Waals surface area contributed by atoms with Crippen molar-refractivity contribution >= 4 is 21.7 Å². The number of rotatable bonds is 9. The van der Waals surface area contributed by atoms with Crippen LogP contribution in [0.4, 0.5) is 10.2 Å². The Morgan fingerprint density at radius 3 is 2.53 bits per heavy atom. The van der Waals surface area contributed by atoms with Crippen molar-refractivity contribution in [3.8, 4) is 11.1 Å². The van der Waals surface area contributed by atoms with Crippen LogP contribution in [0, 0.1) is 12.4 Å². The second-order valence-corrected chi connectivity index (χ2v) is 10.6. The van der Waals surface area contributed by atoms with Crippen molar-refractivity contribution in [2.45, 2.75) is 57.6 Å². The summed E-state index contributed by atoms with van der Waals surface area (Å²) in [7, 11) is -2.51. The summed E-state index contributed by atoms with van der Waals surface area (Å²) in [6.45, 7) is 15.1. The molecule has 0 spiro atoms. The van der Waals surface area contributed by atoms with Crippen molar-refractivity contribution in [2.75, 3.05) is 7.05 Å². The van der Waals surface area contributed by atoms with Gasteiger partial charge in [-0.2, -0.15) is 13.5 Å². The van der Waals surface area contributed by atoms with E-state index in [-0.39, 0.29) is 29.2 Å². The van der Waals surface area contributed by atoms with Crippen LogP contribution in [0.2, 0.25) is 0 Å². The highest BCUT2D eigenvalue weighted by molar-refractivity contribution is 7.90. The number of hydrogen-bond donors (Lipinski definition) is 2. The number of carbonyl (C=O) groups is 1. The van der Waals surface area contributed by atoms with E-state index in [0.717, 1.165) is 0 Å². The summed E-state index contributed by atoms with van der Waals surface area (Å²) >= 11 is 0. The fraction of sp³-hybridized carbons (Fsp3) is 0.360. The molecule has 190 valence electrons. The average molecular weight is 513 g/mol. The highest BCUT2D eigenvalue weighted by Crippen LogP contribution is 2.33. The first kappa shape index (κ1) is 27.0. The Morgan fingerprint density at radius 1 is 1.19 bits per heavy atom. The molecule has 0 bridgehead atoms. The molecule has 1 amide bonds. The Bertz CT molecular complexity index is 1420. The van der Waals surface area contributed by atoms with Gasteiger partial charge >= 0.3 is 0 Å². The summed E-state index contributed by atoms with van der Waals surface area (Å²) in [4.78, 5) is 20.3. The van der Waals surface area contributed by atoms with Gasteiger partial charge in [-0.1, -0.05) is 20.4 Å². The zero-order valence-corrected chi connectivity index (χ0v) is 21.6. The summed E-state index contributed by atoms with van der Waals surface area (Å²) in [5.41, 5.74) is 2.62. The monoisotopic (exact) mass is 512 g/mol. The second kappa shape index (κ2) is 11.0. The predicted molar refractivity (Wildman–Crippen MR) is 134 cm³/mol. The van der Waals surface area contributed by atoms with E-state index >= 15 is 0 Å². The van der Waals surface area contributed by atoms with E-state index in [1.165, 1.54) is 30.5 Å². The first-order valence-electron chi connectivity index (χ1n) is 11.4. The highest BCUT2D eigenvalue weighted by atomic mass is 32.2. The van der Waals surface area contributed by atoms with E-state index in [9.17, 15) is 17.6 Å². The fourth-order valence-corrected chi connectivity index (χ4v) is 4.94. The van der Waals surface area contributed by atoms with Gasteiger partial charge < -0.3 is 10.2 Å². The number of benzene rings is 1. The number of nitrogens with one attached hydrogen (secondary N) is 2. The number of carbonyl (C=O) groups excluding carboxylic acids is 1. The predicted octanol–water partition coefficient (Wildman–Crippen LogP) is 4.11. The summed E-state index contributed by atoms with van der Waals surface area (Å²) in [6, 6.07) is 7.10. The van der Waals surface area contributed by atoms with Crippen molar-refractivity contribution in [1.29, 1.82) is 0 Å². The molecule has 0 aliphatic heterocycles. The topological polar surface area (TPSA) is 110 Å². The Balaban J connectivity index is 1.99. The first-order valence-corrected chi connectivity index (χ1v) is 12.9. The van der Waals surface area contributed by atoms with Gasteiger partial charge in [0, 0.05) is 18.7 Å². The number of pyridine rings is 1. The van der Waals surface area contributed by atoms with Crippen molar-refractivity contribution in [2.24, 2.45) is 0 Å². The lowest BCUT2D eigenvalue weighted by atomic mass is 9.88. The number of aromatic nitrogens is 3. The van der Waals surface area contributed by atoms with Gasteiger partial charge in [0.05, 0.1) is 12.1 Å². The molecular formula is C25H29FN6O3S. The maximum Gasteiger partial charge on any atom is 0.283 e. The molecule has 0 fully saturated rings. The first-order chi connectivity index (χ1) is 17.0. The summed E-state index contributed by atoms with van der Waals surface area (Å²) < 4.78 is 44.3. The highest BCUT2D eigenvalue weighted by Gasteiger charge is 2.25. The Labute approximate surface area is 210 Å². The molecular weight excluding hydrogens is 483 g/mol. The molecule has 0 aliphatic carbocycles. The molecule has 3 aromatic rings. The molecule has 1 aromatic carbocycles. The molecule has 2 heterocycles. The van der Waals surface area contributed by atoms with Crippen LogP contribution in [-0.4, -0.2) is 36.1 Å². The molecule has 0 atom stereocenters. The summed E-state index contributed by atoms with van der Waals surface area (Å²) in [6.07, 6.45) is 1.12. The smallest absolute Gasteiger partial charge is 0.283 e. The van der Waals surface area contributed by atoms with Crippen molar-refractivity contribution in [1.82, 2.24) is 24.8 Å². The number of halogens is 1. The van der Waals surface area contributed by atoms with E-state index in [4.69, 9.17) is 6.57 Å². The zero-order chi connectivity index (χ0) is 26.6. The fourth-order valence-electron chi connectivity index (χ4n) is 3.97. The van der Waals surface area contributed by atoms with Crippen LogP contribution >= 0.6 is 0 Å². The molecule has 0 radical (unpaired) electrons. The third-order valence-corrected chi connectivity index (χ3v) is 6.79. The lowest BCUT2D eigenvalue weighted by Crippen LogP contribution is -2.32. The van der Waals surface area contributed by atoms with Crippen LogP contribution in [0.3, 0.4) is 0 Å². The van der Waals surface area contributed by atoms with E-state index in [2.05, 4.69) is 25.0 Å². The van der Waals surface area contributed by atoms with Crippen LogP contribution in [0.25, 0.3) is 16.0 Å². The van der Waals surface area contributed by atoms with Crippen LogP contribution in [0.15, 0.2) is 41.6 Å².